The van der Waals surface area contributed by atoms with Crippen molar-refractivity contribution < 1.29 is 14.4 Å². The molecule has 0 radical (unpaired) electrons. The first-order chi connectivity index (χ1) is 13.0. The Balaban J connectivity index is 1.55. The number of carbonyl (C=O) groups is 3. The average Bonchev–Trinajstić information content (AvgIpc) is 3.22. The first kappa shape index (κ1) is 19.3. The van der Waals surface area contributed by atoms with Crippen molar-refractivity contribution in [2.75, 3.05) is 31.5 Å². The Kier molecular flexibility index (Phi) is 6.03. The van der Waals surface area contributed by atoms with Crippen molar-refractivity contribution in [3.05, 3.63) is 52.2 Å². The third kappa shape index (κ3) is 4.61. The number of hydrogen-bond acceptors (Lipinski definition) is 5. The monoisotopic (exact) mass is 385 g/mol. The molecular weight excluding hydrogens is 362 g/mol. The molecule has 0 unspecified atom stereocenters. The van der Waals surface area contributed by atoms with Crippen LogP contribution in [0.1, 0.15) is 33.9 Å². The molecule has 7 heteroatoms. The van der Waals surface area contributed by atoms with Gasteiger partial charge >= 0.3 is 0 Å². The highest BCUT2D eigenvalue weighted by Crippen LogP contribution is 2.16. The number of hydrogen-bond donors (Lipinski definition) is 1. The maximum absolute atomic E-state index is 12.6. The highest BCUT2D eigenvalue weighted by molar-refractivity contribution is 7.12. The van der Waals surface area contributed by atoms with Crippen LogP contribution in [0.5, 0.6) is 0 Å². The van der Waals surface area contributed by atoms with Crippen molar-refractivity contribution in [1.82, 2.24) is 9.80 Å². The van der Waals surface area contributed by atoms with Crippen molar-refractivity contribution in [1.29, 1.82) is 0 Å². The highest BCUT2D eigenvalue weighted by Gasteiger charge is 2.28. The highest BCUT2D eigenvalue weighted by atomic mass is 32.1. The standard InChI is InChI=1S/C20H23N3O3S/c1-14(19(25)21-17-6-3-5-16(13-17)15(2)24)22-8-10-23(11-9-22)20(26)18-7-4-12-27-18/h3-7,12-14H,8-11H2,1-2H3,(H,21,25)/t14-/m1/s1. The van der Waals surface area contributed by atoms with Gasteiger partial charge in [-0.1, -0.05) is 18.2 Å². The maximum Gasteiger partial charge on any atom is 0.264 e. The van der Waals surface area contributed by atoms with Crippen molar-refractivity contribution in [2.45, 2.75) is 19.9 Å². The molecule has 1 saturated heterocycles. The summed E-state index contributed by atoms with van der Waals surface area (Å²) in [5.74, 6) is -0.0952. The number of piperazine rings is 1. The zero-order valence-corrected chi connectivity index (χ0v) is 16.3. The number of benzene rings is 1. The predicted molar refractivity (Wildman–Crippen MR) is 106 cm³/mol. The molecule has 27 heavy (non-hydrogen) atoms. The first-order valence-electron chi connectivity index (χ1n) is 8.94. The average molecular weight is 385 g/mol. The van der Waals surface area contributed by atoms with E-state index in [-0.39, 0.29) is 23.6 Å². The lowest BCUT2D eigenvalue weighted by atomic mass is 10.1. The number of nitrogens with zero attached hydrogens (tertiary/aromatic N) is 2. The Morgan fingerprint density at radius 1 is 1.07 bits per heavy atom. The SMILES string of the molecule is CC(=O)c1cccc(NC(=O)[C@@H](C)N2CCN(C(=O)c3cccs3)CC2)c1. The lowest BCUT2D eigenvalue weighted by Crippen LogP contribution is -2.53. The summed E-state index contributed by atoms with van der Waals surface area (Å²) in [5.41, 5.74) is 1.19. The van der Waals surface area contributed by atoms with Gasteiger partial charge in [0.15, 0.2) is 5.78 Å². The van der Waals surface area contributed by atoms with Crippen LogP contribution in [0.25, 0.3) is 0 Å². The van der Waals surface area contributed by atoms with Crippen LogP contribution in [0, 0.1) is 0 Å². The smallest absolute Gasteiger partial charge is 0.264 e. The maximum atomic E-state index is 12.6. The van der Waals surface area contributed by atoms with E-state index in [4.69, 9.17) is 0 Å². The van der Waals surface area contributed by atoms with Crippen molar-refractivity contribution in [3.63, 3.8) is 0 Å². The number of thiophene rings is 1. The fourth-order valence-electron chi connectivity index (χ4n) is 3.10. The lowest BCUT2D eigenvalue weighted by molar-refractivity contribution is -0.121. The van der Waals surface area contributed by atoms with Gasteiger partial charge in [-0.25, -0.2) is 0 Å². The molecule has 3 rings (SSSR count). The van der Waals surface area contributed by atoms with Gasteiger partial charge in [-0.2, -0.15) is 0 Å². The van der Waals surface area contributed by atoms with Crippen LogP contribution in [0.2, 0.25) is 0 Å². The Morgan fingerprint density at radius 3 is 2.44 bits per heavy atom. The van der Waals surface area contributed by atoms with Crippen LogP contribution in [-0.2, 0) is 4.79 Å². The lowest BCUT2D eigenvalue weighted by Gasteiger charge is -2.37. The van der Waals surface area contributed by atoms with Gasteiger partial charge in [-0.05, 0) is 37.4 Å². The van der Waals surface area contributed by atoms with Crippen LogP contribution in [-0.4, -0.2) is 59.6 Å². The second-order valence-electron chi connectivity index (χ2n) is 6.61. The molecule has 1 atom stereocenters. The second-order valence-corrected chi connectivity index (χ2v) is 7.56. The number of Topliss-reactive ketones (excluding diaryl/α,β-unsaturated/α-hetero) is 1. The van der Waals surface area contributed by atoms with Gasteiger partial charge in [-0.15, -0.1) is 11.3 Å². The van der Waals surface area contributed by atoms with Crippen molar-refractivity contribution in [3.8, 4) is 0 Å². The number of carbonyl (C=O) groups excluding carboxylic acids is 3. The van der Waals surface area contributed by atoms with E-state index in [1.54, 1.807) is 24.3 Å². The number of amides is 2. The van der Waals surface area contributed by atoms with E-state index in [0.29, 0.717) is 37.4 Å². The van der Waals surface area contributed by atoms with E-state index >= 15 is 0 Å². The molecule has 1 N–H and O–H groups in total. The third-order valence-electron chi connectivity index (χ3n) is 4.80. The van der Waals surface area contributed by atoms with E-state index in [9.17, 15) is 14.4 Å². The number of rotatable bonds is 5. The zero-order chi connectivity index (χ0) is 19.4. The third-order valence-corrected chi connectivity index (χ3v) is 5.66. The van der Waals surface area contributed by atoms with Gasteiger partial charge in [-0.3, -0.25) is 19.3 Å². The van der Waals surface area contributed by atoms with E-state index < -0.39 is 0 Å². The molecule has 1 fully saturated rings. The molecule has 142 valence electrons. The van der Waals surface area contributed by atoms with Gasteiger partial charge in [0.25, 0.3) is 5.91 Å². The summed E-state index contributed by atoms with van der Waals surface area (Å²) in [7, 11) is 0. The molecule has 1 aromatic carbocycles. The molecule has 6 nitrogen and oxygen atoms in total. The molecule has 1 aliphatic heterocycles. The summed E-state index contributed by atoms with van der Waals surface area (Å²) >= 11 is 1.45. The molecule has 0 bridgehead atoms. The molecular formula is C20H23N3O3S. The molecule has 2 heterocycles. The van der Waals surface area contributed by atoms with E-state index in [2.05, 4.69) is 10.2 Å². The number of anilines is 1. The van der Waals surface area contributed by atoms with Crippen LogP contribution in [0.4, 0.5) is 5.69 Å². The van der Waals surface area contributed by atoms with Gasteiger partial charge in [0.1, 0.15) is 0 Å². The summed E-state index contributed by atoms with van der Waals surface area (Å²) in [6.07, 6.45) is 0. The summed E-state index contributed by atoms with van der Waals surface area (Å²) in [6.45, 7) is 5.88. The fraction of sp³-hybridized carbons (Fsp3) is 0.350. The number of ketones is 1. The van der Waals surface area contributed by atoms with Gasteiger partial charge in [0.2, 0.25) is 5.91 Å². The Morgan fingerprint density at radius 2 is 1.81 bits per heavy atom. The van der Waals surface area contributed by atoms with Crippen LogP contribution >= 0.6 is 11.3 Å². The fourth-order valence-corrected chi connectivity index (χ4v) is 3.79. The van der Waals surface area contributed by atoms with Gasteiger partial charge < -0.3 is 10.2 Å². The summed E-state index contributed by atoms with van der Waals surface area (Å²) < 4.78 is 0. The second kappa shape index (κ2) is 8.45. The van der Waals surface area contributed by atoms with E-state index in [0.717, 1.165) is 4.88 Å². The quantitative estimate of drug-likeness (QED) is 0.804. The molecule has 2 amide bonds. The first-order valence-corrected chi connectivity index (χ1v) is 9.82. The Labute approximate surface area is 162 Å². The summed E-state index contributed by atoms with van der Waals surface area (Å²) in [6, 6.07) is 10.3. The minimum absolute atomic E-state index is 0.0364. The summed E-state index contributed by atoms with van der Waals surface area (Å²) in [5, 5.41) is 4.78. The zero-order valence-electron chi connectivity index (χ0n) is 15.5. The van der Waals surface area contributed by atoms with Crippen LogP contribution in [0.15, 0.2) is 41.8 Å². The van der Waals surface area contributed by atoms with Gasteiger partial charge in [0.05, 0.1) is 10.9 Å². The minimum atomic E-state index is -0.315. The topological polar surface area (TPSA) is 69.7 Å². The van der Waals surface area contributed by atoms with Crippen LogP contribution < -0.4 is 5.32 Å². The molecule has 2 aromatic rings. The van der Waals surface area contributed by atoms with Gasteiger partial charge in [0, 0.05) is 37.4 Å². The van der Waals surface area contributed by atoms with Crippen LogP contribution in [0.3, 0.4) is 0 Å². The Hall–Kier alpha value is -2.51. The molecule has 1 aromatic heterocycles. The minimum Gasteiger partial charge on any atom is -0.335 e. The molecule has 0 aliphatic carbocycles. The van der Waals surface area contributed by atoms with E-state index in [1.165, 1.54) is 18.3 Å². The van der Waals surface area contributed by atoms with Crippen molar-refractivity contribution >= 4 is 34.6 Å². The molecule has 0 spiro atoms. The number of nitrogens with one attached hydrogen (secondary N) is 1. The predicted octanol–water partition coefficient (Wildman–Crippen LogP) is 2.74. The van der Waals surface area contributed by atoms with E-state index in [1.807, 2.05) is 29.3 Å². The molecule has 1 aliphatic rings. The molecule has 0 saturated carbocycles. The normalized spacial score (nSPS) is 16.0. The largest absolute Gasteiger partial charge is 0.335 e. The van der Waals surface area contributed by atoms with Crippen molar-refractivity contribution in [2.24, 2.45) is 0 Å². The Bertz CT molecular complexity index is 827. The summed E-state index contributed by atoms with van der Waals surface area (Å²) in [4.78, 5) is 41.1.